The molecule has 1 aliphatic heterocycles. The van der Waals surface area contributed by atoms with E-state index in [-0.39, 0.29) is 6.61 Å². The van der Waals surface area contributed by atoms with Crippen LogP contribution in [0.3, 0.4) is 0 Å². The van der Waals surface area contributed by atoms with Crippen LogP contribution >= 0.6 is 0 Å². The van der Waals surface area contributed by atoms with E-state index in [0.29, 0.717) is 6.04 Å². The monoisotopic (exact) mass is 209 g/mol. The van der Waals surface area contributed by atoms with E-state index in [2.05, 4.69) is 16.9 Å². The largest absolute Gasteiger partial charge is 0.395 e. The first-order chi connectivity index (χ1) is 7.22. The van der Waals surface area contributed by atoms with Gasteiger partial charge in [0.25, 0.3) is 0 Å². The van der Waals surface area contributed by atoms with Crippen molar-refractivity contribution in [3.8, 4) is 0 Å². The molecule has 2 rings (SSSR count). The molecule has 0 amide bonds. The van der Waals surface area contributed by atoms with E-state index in [1.165, 1.54) is 17.7 Å². The Bertz CT molecular complexity index is 335. The second-order valence-electron chi connectivity index (χ2n) is 4.33. The van der Waals surface area contributed by atoms with Gasteiger partial charge in [0.05, 0.1) is 12.8 Å². The first kappa shape index (κ1) is 10.6. The van der Waals surface area contributed by atoms with Gasteiger partial charge >= 0.3 is 0 Å². The summed E-state index contributed by atoms with van der Waals surface area (Å²) in [5.74, 6) is 0. The summed E-state index contributed by atoms with van der Waals surface area (Å²) in [4.78, 5) is 2.35. The summed E-state index contributed by atoms with van der Waals surface area (Å²) in [7, 11) is 1.96. The van der Waals surface area contributed by atoms with Gasteiger partial charge in [0.15, 0.2) is 0 Å². The van der Waals surface area contributed by atoms with Gasteiger partial charge < -0.3 is 5.11 Å². The number of aryl methyl sites for hydroxylation is 1. The van der Waals surface area contributed by atoms with Crippen molar-refractivity contribution < 1.29 is 5.11 Å². The van der Waals surface area contributed by atoms with Crippen molar-refractivity contribution in [2.45, 2.75) is 32.4 Å². The highest BCUT2D eigenvalue weighted by molar-refractivity contribution is 5.16. The molecule has 2 heterocycles. The molecule has 1 fully saturated rings. The second-order valence-corrected chi connectivity index (χ2v) is 4.33. The standard InChI is InChI=1S/C11H19N3O/c1-9-10(6-12-13(9)2)7-14-5-3-4-11(14)8-15/h6,11,15H,3-5,7-8H2,1-2H3/t11-/m1/s1. The van der Waals surface area contributed by atoms with Crippen molar-refractivity contribution in [2.24, 2.45) is 7.05 Å². The van der Waals surface area contributed by atoms with Gasteiger partial charge in [-0.2, -0.15) is 5.10 Å². The summed E-state index contributed by atoms with van der Waals surface area (Å²) in [5, 5.41) is 13.5. The zero-order valence-electron chi connectivity index (χ0n) is 9.48. The zero-order chi connectivity index (χ0) is 10.8. The van der Waals surface area contributed by atoms with E-state index < -0.39 is 0 Å². The van der Waals surface area contributed by atoms with Crippen LogP contribution in [0.15, 0.2) is 6.20 Å². The molecule has 0 aliphatic carbocycles. The maximum absolute atomic E-state index is 9.23. The smallest absolute Gasteiger partial charge is 0.0587 e. The molecule has 0 saturated carbocycles. The average Bonchev–Trinajstić information content (AvgIpc) is 2.80. The molecule has 1 aliphatic rings. The molecule has 0 spiro atoms. The summed E-state index contributed by atoms with van der Waals surface area (Å²) < 4.78 is 1.90. The van der Waals surface area contributed by atoms with E-state index in [1.807, 2.05) is 17.9 Å². The zero-order valence-corrected chi connectivity index (χ0v) is 9.48. The summed E-state index contributed by atoms with van der Waals surface area (Å²) in [5.41, 5.74) is 2.50. The Labute approximate surface area is 90.5 Å². The topological polar surface area (TPSA) is 41.3 Å². The molecule has 0 radical (unpaired) electrons. The molecule has 1 N–H and O–H groups in total. The van der Waals surface area contributed by atoms with Crippen LogP contribution in [0, 0.1) is 6.92 Å². The lowest BCUT2D eigenvalue weighted by Gasteiger charge is -2.22. The van der Waals surface area contributed by atoms with Crippen LogP contribution in [-0.4, -0.2) is 39.0 Å². The third-order valence-electron chi connectivity index (χ3n) is 3.42. The van der Waals surface area contributed by atoms with Crippen LogP contribution in [0.25, 0.3) is 0 Å². The molecule has 0 aromatic carbocycles. The highest BCUT2D eigenvalue weighted by Crippen LogP contribution is 2.20. The van der Waals surface area contributed by atoms with Crippen molar-refractivity contribution in [1.29, 1.82) is 0 Å². The predicted molar refractivity (Wildman–Crippen MR) is 58.5 cm³/mol. The maximum atomic E-state index is 9.23. The van der Waals surface area contributed by atoms with Gasteiger partial charge in [0.2, 0.25) is 0 Å². The molecule has 1 aromatic heterocycles. The fraction of sp³-hybridized carbons (Fsp3) is 0.727. The van der Waals surface area contributed by atoms with Crippen molar-refractivity contribution >= 4 is 0 Å². The average molecular weight is 209 g/mol. The number of hydrogen-bond donors (Lipinski definition) is 1. The van der Waals surface area contributed by atoms with Gasteiger partial charge in [-0.3, -0.25) is 9.58 Å². The first-order valence-electron chi connectivity index (χ1n) is 5.54. The van der Waals surface area contributed by atoms with Gasteiger partial charge in [0.1, 0.15) is 0 Å². The third-order valence-corrected chi connectivity index (χ3v) is 3.42. The Balaban J connectivity index is 2.05. The molecule has 0 unspecified atom stereocenters. The van der Waals surface area contributed by atoms with Crippen LogP contribution in [0.2, 0.25) is 0 Å². The number of aliphatic hydroxyl groups excluding tert-OH is 1. The molecule has 0 bridgehead atoms. The van der Waals surface area contributed by atoms with Crippen LogP contribution in [0.4, 0.5) is 0 Å². The number of aromatic nitrogens is 2. The van der Waals surface area contributed by atoms with E-state index in [4.69, 9.17) is 0 Å². The number of aliphatic hydroxyl groups is 1. The molecule has 15 heavy (non-hydrogen) atoms. The Morgan fingerprint density at radius 1 is 1.60 bits per heavy atom. The summed E-state index contributed by atoms with van der Waals surface area (Å²) in [6, 6.07) is 0.351. The van der Waals surface area contributed by atoms with Gasteiger partial charge in [-0.1, -0.05) is 0 Å². The Morgan fingerprint density at radius 3 is 3.00 bits per heavy atom. The summed E-state index contributed by atoms with van der Waals surface area (Å²) >= 11 is 0. The summed E-state index contributed by atoms with van der Waals surface area (Å²) in [6.45, 7) is 4.39. The molecule has 84 valence electrons. The highest BCUT2D eigenvalue weighted by atomic mass is 16.3. The molecule has 1 saturated heterocycles. The van der Waals surface area contributed by atoms with E-state index in [0.717, 1.165) is 19.5 Å². The quantitative estimate of drug-likeness (QED) is 0.796. The van der Waals surface area contributed by atoms with Crippen molar-refractivity contribution in [1.82, 2.24) is 14.7 Å². The van der Waals surface area contributed by atoms with Crippen LogP contribution in [0.5, 0.6) is 0 Å². The van der Waals surface area contributed by atoms with Gasteiger partial charge in [-0.15, -0.1) is 0 Å². The van der Waals surface area contributed by atoms with Crippen molar-refractivity contribution in [3.63, 3.8) is 0 Å². The molecular weight excluding hydrogens is 190 g/mol. The fourth-order valence-corrected chi connectivity index (χ4v) is 2.23. The lowest BCUT2D eigenvalue weighted by molar-refractivity contribution is 0.153. The van der Waals surface area contributed by atoms with Crippen LogP contribution in [-0.2, 0) is 13.6 Å². The molecular formula is C11H19N3O. The normalized spacial score (nSPS) is 22.5. The Hall–Kier alpha value is -0.870. The molecule has 4 nitrogen and oxygen atoms in total. The fourth-order valence-electron chi connectivity index (χ4n) is 2.23. The highest BCUT2D eigenvalue weighted by Gasteiger charge is 2.24. The minimum absolute atomic E-state index is 0.277. The van der Waals surface area contributed by atoms with Crippen LogP contribution in [0.1, 0.15) is 24.1 Å². The van der Waals surface area contributed by atoms with Gasteiger partial charge in [-0.05, 0) is 26.3 Å². The molecule has 1 atom stereocenters. The van der Waals surface area contributed by atoms with Crippen molar-refractivity contribution in [2.75, 3.05) is 13.2 Å². The number of hydrogen-bond acceptors (Lipinski definition) is 3. The minimum Gasteiger partial charge on any atom is -0.395 e. The van der Waals surface area contributed by atoms with Crippen LogP contribution < -0.4 is 0 Å². The van der Waals surface area contributed by atoms with Gasteiger partial charge in [-0.25, -0.2) is 0 Å². The predicted octanol–water partition coefficient (Wildman–Crippen LogP) is 0.685. The summed E-state index contributed by atoms with van der Waals surface area (Å²) in [6.07, 6.45) is 4.25. The molecule has 1 aromatic rings. The number of likely N-dealkylation sites (tertiary alicyclic amines) is 1. The van der Waals surface area contributed by atoms with E-state index in [1.54, 1.807) is 0 Å². The first-order valence-corrected chi connectivity index (χ1v) is 5.54. The minimum atomic E-state index is 0.277. The molecule has 4 heteroatoms. The second kappa shape index (κ2) is 4.33. The Kier molecular flexibility index (Phi) is 3.07. The lowest BCUT2D eigenvalue weighted by atomic mass is 10.2. The third kappa shape index (κ3) is 2.06. The number of nitrogens with zero attached hydrogens (tertiary/aromatic N) is 3. The lowest BCUT2D eigenvalue weighted by Crippen LogP contribution is -2.31. The SMILES string of the molecule is Cc1c(CN2CCC[C@@H]2CO)cnn1C. The maximum Gasteiger partial charge on any atom is 0.0587 e. The van der Waals surface area contributed by atoms with Gasteiger partial charge in [0, 0.05) is 30.9 Å². The Morgan fingerprint density at radius 2 is 2.40 bits per heavy atom. The van der Waals surface area contributed by atoms with E-state index >= 15 is 0 Å². The number of rotatable bonds is 3. The van der Waals surface area contributed by atoms with Crippen molar-refractivity contribution in [3.05, 3.63) is 17.5 Å². The van der Waals surface area contributed by atoms with E-state index in [9.17, 15) is 5.11 Å².